The number of rotatable bonds is 4. The normalized spacial score (nSPS) is 14.2. The van der Waals surface area contributed by atoms with Crippen molar-refractivity contribution in [1.29, 1.82) is 0 Å². The van der Waals surface area contributed by atoms with Gasteiger partial charge in [0.2, 0.25) is 0 Å². The van der Waals surface area contributed by atoms with Crippen LogP contribution in [-0.2, 0) is 9.59 Å². The molecule has 0 saturated heterocycles. The van der Waals surface area contributed by atoms with Crippen LogP contribution in [0.25, 0.3) is 5.57 Å². The lowest BCUT2D eigenvalue weighted by Crippen LogP contribution is -2.34. The van der Waals surface area contributed by atoms with E-state index >= 15 is 0 Å². The zero-order valence-electron chi connectivity index (χ0n) is 14.4. The van der Waals surface area contributed by atoms with Gasteiger partial charge < -0.3 is 4.90 Å². The third-order valence-corrected chi connectivity index (χ3v) is 5.81. The summed E-state index contributed by atoms with van der Waals surface area (Å²) in [6.07, 6.45) is 0. The van der Waals surface area contributed by atoms with E-state index in [9.17, 15) is 9.59 Å². The largest absolute Gasteiger partial charge is 0.339 e. The lowest BCUT2D eigenvalue weighted by molar-refractivity contribution is -0.120. The molecule has 6 heteroatoms. The van der Waals surface area contributed by atoms with Crippen LogP contribution in [0.1, 0.15) is 4.88 Å². The molecule has 0 aliphatic carbocycles. The van der Waals surface area contributed by atoms with Crippen LogP contribution in [0.3, 0.4) is 0 Å². The molecule has 0 radical (unpaired) electrons. The number of halogens is 1. The summed E-state index contributed by atoms with van der Waals surface area (Å²) in [6, 6.07) is 20.5. The smallest absolute Gasteiger partial charge is 0.282 e. The van der Waals surface area contributed by atoms with Crippen LogP contribution in [0, 0.1) is 0 Å². The van der Waals surface area contributed by atoms with E-state index in [2.05, 4.69) is 15.9 Å². The number of likely N-dealkylation sites (N-methyl/N-ethyl adjacent to an activating group) is 1. The van der Waals surface area contributed by atoms with Gasteiger partial charge in [-0.25, -0.2) is 4.90 Å². The van der Waals surface area contributed by atoms with E-state index in [-0.39, 0.29) is 11.8 Å². The Balaban J connectivity index is 1.85. The van der Waals surface area contributed by atoms with E-state index in [1.807, 2.05) is 67.0 Å². The predicted molar refractivity (Wildman–Crippen MR) is 113 cm³/mol. The third kappa shape index (κ3) is 3.11. The topological polar surface area (TPSA) is 40.6 Å². The van der Waals surface area contributed by atoms with Gasteiger partial charge >= 0.3 is 0 Å². The van der Waals surface area contributed by atoms with Gasteiger partial charge in [0, 0.05) is 22.1 Å². The van der Waals surface area contributed by atoms with E-state index < -0.39 is 0 Å². The highest BCUT2D eigenvalue weighted by Crippen LogP contribution is 2.37. The first-order valence-electron chi connectivity index (χ1n) is 8.29. The van der Waals surface area contributed by atoms with Crippen LogP contribution in [0.4, 0.5) is 11.4 Å². The lowest BCUT2D eigenvalue weighted by Gasteiger charge is -2.21. The Morgan fingerprint density at radius 2 is 1.59 bits per heavy atom. The summed E-state index contributed by atoms with van der Waals surface area (Å²) >= 11 is 4.84. The second-order valence-corrected chi connectivity index (χ2v) is 7.88. The molecule has 0 bridgehead atoms. The van der Waals surface area contributed by atoms with Gasteiger partial charge in [-0.3, -0.25) is 9.59 Å². The number of anilines is 2. The molecular weight excluding hydrogens is 424 g/mol. The number of carbonyl (C=O) groups excluding carboxylic acids is 2. The molecular formula is C21H15BrN2O2S. The van der Waals surface area contributed by atoms with E-state index in [1.54, 1.807) is 17.0 Å². The number of hydrogen-bond donors (Lipinski definition) is 0. The fourth-order valence-electron chi connectivity index (χ4n) is 3.08. The minimum absolute atomic E-state index is 0.303. The summed E-state index contributed by atoms with van der Waals surface area (Å²) < 4.78 is 0.887. The highest BCUT2D eigenvalue weighted by atomic mass is 79.9. The molecule has 1 aliphatic heterocycles. The molecule has 0 N–H and O–H groups in total. The van der Waals surface area contributed by atoms with Gasteiger partial charge in [0.1, 0.15) is 5.70 Å². The molecule has 4 rings (SSSR count). The Labute approximate surface area is 169 Å². The van der Waals surface area contributed by atoms with Crippen LogP contribution in [0.15, 0.2) is 82.3 Å². The van der Waals surface area contributed by atoms with Gasteiger partial charge in [-0.05, 0) is 47.8 Å². The van der Waals surface area contributed by atoms with Crippen molar-refractivity contribution in [3.8, 4) is 0 Å². The van der Waals surface area contributed by atoms with Crippen LogP contribution >= 0.6 is 27.3 Å². The Morgan fingerprint density at radius 3 is 2.22 bits per heavy atom. The summed E-state index contributed by atoms with van der Waals surface area (Å²) in [5.41, 5.74) is 2.22. The van der Waals surface area contributed by atoms with E-state index in [1.165, 1.54) is 16.2 Å². The van der Waals surface area contributed by atoms with Crippen molar-refractivity contribution < 1.29 is 9.59 Å². The zero-order chi connectivity index (χ0) is 19.0. The van der Waals surface area contributed by atoms with Gasteiger partial charge in [0.25, 0.3) is 11.8 Å². The van der Waals surface area contributed by atoms with Gasteiger partial charge in [0.05, 0.1) is 11.3 Å². The van der Waals surface area contributed by atoms with Crippen molar-refractivity contribution in [2.45, 2.75) is 0 Å². The molecule has 0 atom stereocenters. The van der Waals surface area contributed by atoms with Crippen molar-refractivity contribution in [2.75, 3.05) is 16.8 Å². The maximum absolute atomic E-state index is 13.3. The Bertz CT molecular complexity index is 1030. The van der Waals surface area contributed by atoms with Crippen molar-refractivity contribution in [3.05, 3.63) is 87.2 Å². The molecule has 3 aromatic rings. The third-order valence-electron chi connectivity index (χ3n) is 4.39. The number of amides is 2. The highest BCUT2D eigenvalue weighted by Gasteiger charge is 2.42. The number of benzene rings is 2. The first-order valence-corrected chi connectivity index (χ1v) is 9.96. The van der Waals surface area contributed by atoms with E-state index in [4.69, 9.17) is 0 Å². The Kier molecular flexibility index (Phi) is 4.68. The summed E-state index contributed by atoms with van der Waals surface area (Å²) in [6.45, 7) is 0. The van der Waals surface area contributed by atoms with Crippen molar-refractivity contribution >= 4 is 56.0 Å². The van der Waals surface area contributed by atoms with E-state index in [0.29, 0.717) is 17.0 Å². The van der Waals surface area contributed by atoms with Crippen LogP contribution in [0.2, 0.25) is 0 Å². The number of nitrogens with zero attached hydrogens (tertiary/aromatic N) is 2. The van der Waals surface area contributed by atoms with Crippen LogP contribution < -0.4 is 9.80 Å². The number of hydrogen-bond acceptors (Lipinski definition) is 4. The Morgan fingerprint density at radius 1 is 0.889 bits per heavy atom. The molecule has 0 spiro atoms. The maximum atomic E-state index is 13.3. The van der Waals surface area contributed by atoms with Crippen molar-refractivity contribution in [1.82, 2.24) is 0 Å². The fraction of sp³-hybridized carbons (Fsp3) is 0.0476. The molecule has 2 aromatic carbocycles. The zero-order valence-corrected chi connectivity index (χ0v) is 16.8. The van der Waals surface area contributed by atoms with E-state index in [0.717, 1.165) is 15.0 Å². The van der Waals surface area contributed by atoms with Crippen molar-refractivity contribution in [3.63, 3.8) is 0 Å². The minimum atomic E-state index is -0.322. The maximum Gasteiger partial charge on any atom is 0.282 e. The standard InChI is InChI=1S/C21H15BrN2O2S/c1-23(15-6-3-2-4-7-15)19-18(17-8-5-13-27-17)20(25)24(21(19)26)16-11-9-14(22)10-12-16/h2-13H,1H3. The molecule has 27 heavy (non-hydrogen) atoms. The Hall–Kier alpha value is -2.70. The second kappa shape index (κ2) is 7.13. The average molecular weight is 439 g/mol. The lowest BCUT2D eigenvalue weighted by atomic mass is 10.1. The average Bonchev–Trinajstić information content (AvgIpc) is 3.29. The SMILES string of the molecule is CN(C1=C(c2cccs2)C(=O)N(c2ccc(Br)cc2)C1=O)c1ccccc1. The minimum Gasteiger partial charge on any atom is -0.339 e. The van der Waals surface area contributed by atoms with Crippen LogP contribution in [-0.4, -0.2) is 18.9 Å². The molecule has 1 aliphatic rings. The summed E-state index contributed by atoms with van der Waals surface area (Å²) in [5, 5.41) is 1.91. The monoisotopic (exact) mass is 438 g/mol. The molecule has 1 aromatic heterocycles. The number of para-hydroxylation sites is 1. The first kappa shape index (κ1) is 17.7. The van der Waals surface area contributed by atoms with Crippen LogP contribution in [0.5, 0.6) is 0 Å². The van der Waals surface area contributed by atoms with Gasteiger partial charge in [0.15, 0.2) is 0 Å². The number of thiophene rings is 1. The molecule has 0 saturated carbocycles. The van der Waals surface area contributed by atoms with Crippen molar-refractivity contribution in [2.24, 2.45) is 0 Å². The predicted octanol–water partition coefficient (Wildman–Crippen LogP) is 4.93. The summed E-state index contributed by atoms with van der Waals surface area (Å²) in [5.74, 6) is -0.625. The summed E-state index contributed by atoms with van der Waals surface area (Å²) in [7, 11) is 1.81. The van der Waals surface area contributed by atoms with Gasteiger partial charge in [-0.2, -0.15) is 0 Å². The molecule has 4 nitrogen and oxygen atoms in total. The second-order valence-electron chi connectivity index (χ2n) is 6.02. The van der Waals surface area contributed by atoms with Gasteiger partial charge in [-0.15, -0.1) is 11.3 Å². The first-order chi connectivity index (χ1) is 13.1. The quantitative estimate of drug-likeness (QED) is 0.542. The molecule has 0 unspecified atom stereocenters. The fourth-order valence-corrected chi connectivity index (χ4v) is 4.10. The summed E-state index contributed by atoms with van der Waals surface area (Å²) in [4.78, 5) is 30.4. The molecule has 134 valence electrons. The molecule has 2 amide bonds. The van der Waals surface area contributed by atoms with Gasteiger partial charge in [-0.1, -0.05) is 40.2 Å². The molecule has 2 heterocycles. The molecule has 0 fully saturated rings. The number of carbonyl (C=O) groups is 2. The number of imide groups is 1. The highest BCUT2D eigenvalue weighted by molar-refractivity contribution is 9.10.